The Balaban J connectivity index is 1.59. The van der Waals surface area contributed by atoms with E-state index < -0.39 is 11.9 Å². The van der Waals surface area contributed by atoms with Gasteiger partial charge in [0.15, 0.2) is 5.17 Å². The molecule has 2 N–H and O–H groups in total. The molecule has 0 bridgehead atoms. The van der Waals surface area contributed by atoms with Crippen LogP contribution in [0.4, 0.5) is 5.69 Å². The lowest BCUT2D eigenvalue weighted by Gasteiger charge is -2.11. The second-order valence-electron chi connectivity index (χ2n) is 7.44. The highest BCUT2D eigenvalue weighted by atomic mass is 32.2. The number of thioether (sulfide) groups is 1. The molecular weight excluding hydrogens is 456 g/mol. The number of furan rings is 1. The van der Waals surface area contributed by atoms with Gasteiger partial charge < -0.3 is 14.6 Å². The maximum Gasteiger partial charge on any atom is 0.335 e. The third-order valence-corrected chi connectivity index (χ3v) is 6.19. The fourth-order valence-electron chi connectivity index (χ4n) is 3.44. The van der Waals surface area contributed by atoms with Crippen molar-refractivity contribution in [1.29, 1.82) is 0 Å². The molecule has 0 aliphatic carbocycles. The summed E-state index contributed by atoms with van der Waals surface area (Å²) in [5.41, 5.74) is 2.43. The topological polar surface area (TPSA) is 120 Å². The van der Waals surface area contributed by atoms with E-state index in [9.17, 15) is 14.4 Å². The Kier molecular flexibility index (Phi) is 6.38. The van der Waals surface area contributed by atoms with Crippen molar-refractivity contribution in [1.82, 2.24) is 4.90 Å². The number of carbonyl (C=O) groups is 3. The minimum atomic E-state index is -1.02. The van der Waals surface area contributed by atoms with Gasteiger partial charge >= 0.3 is 11.9 Å². The van der Waals surface area contributed by atoms with E-state index in [1.165, 1.54) is 30.0 Å². The highest BCUT2D eigenvalue weighted by Gasteiger charge is 2.32. The summed E-state index contributed by atoms with van der Waals surface area (Å²) in [7, 11) is 0. The summed E-state index contributed by atoms with van der Waals surface area (Å²) in [6.07, 6.45) is 1.65. The summed E-state index contributed by atoms with van der Waals surface area (Å²) in [4.78, 5) is 41.6. The van der Waals surface area contributed by atoms with Gasteiger partial charge in [0.1, 0.15) is 11.5 Å². The molecule has 1 aromatic heterocycles. The zero-order chi connectivity index (χ0) is 24.4. The number of likely N-dealkylation sites (N-methyl/N-ethyl adjacent to an activating group) is 1. The molecule has 1 aliphatic rings. The Morgan fingerprint density at radius 1 is 1.03 bits per heavy atom. The van der Waals surface area contributed by atoms with Crippen molar-refractivity contribution in [2.45, 2.75) is 13.8 Å². The number of carboxylic acids is 2. The fraction of sp³-hybridized carbons (Fsp3) is 0.120. The highest BCUT2D eigenvalue weighted by molar-refractivity contribution is 8.18. The summed E-state index contributed by atoms with van der Waals surface area (Å²) in [5, 5.41) is 18.7. The normalized spacial score (nSPS) is 15.9. The zero-order valence-corrected chi connectivity index (χ0v) is 19.1. The zero-order valence-electron chi connectivity index (χ0n) is 18.3. The van der Waals surface area contributed by atoms with Gasteiger partial charge in [-0.1, -0.05) is 6.07 Å². The Morgan fingerprint density at radius 2 is 1.71 bits per heavy atom. The third kappa shape index (κ3) is 4.65. The Labute approximate surface area is 199 Å². The average molecular weight is 477 g/mol. The van der Waals surface area contributed by atoms with Crippen molar-refractivity contribution >= 4 is 46.5 Å². The molecule has 8 nitrogen and oxygen atoms in total. The van der Waals surface area contributed by atoms with Gasteiger partial charge in [0.05, 0.1) is 21.7 Å². The van der Waals surface area contributed by atoms with Gasteiger partial charge in [0.2, 0.25) is 0 Å². The molecule has 1 saturated heterocycles. The minimum Gasteiger partial charge on any atom is -0.478 e. The Hall–Kier alpha value is -4.11. The molecule has 1 amide bonds. The second kappa shape index (κ2) is 9.40. The second-order valence-corrected chi connectivity index (χ2v) is 8.45. The molecule has 172 valence electrons. The molecular formula is C25H20N2O6S. The first-order chi connectivity index (χ1) is 16.3. The van der Waals surface area contributed by atoms with Crippen LogP contribution in [0.25, 0.3) is 17.4 Å². The maximum atomic E-state index is 12.9. The number of rotatable bonds is 6. The van der Waals surface area contributed by atoms with Crippen LogP contribution in [-0.4, -0.2) is 44.7 Å². The van der Waals surface area contributed by atoms with Crippen LogP contribution in [0.3, 0.4) is 0 Å². The number of aromatic carboxylic acids is 2. The predicted octanol–water partition coefficient (Wildman–Crippen LogP) is 5.28. The number of benzene rings is 2. The fourth-order valence-corrected chi connectivity index (χ4v) is 4.48. The van der Waals surface area contributed by atoms with Crippen LogP contribution < -0.4 is 0 Å². The molecule has 0 saturated carbocycles. The monoisotopic (exact) mass is 476 g/mol. The van der Waals surface area contributed by atoms with E-state index in [0.717, 1.165) is 11.1 Å². The van der Waals surface area contributed by atoms with E-state index in [-0.39, 0.29) is 17.0 Å². The first-order valence-electron chi connectivity index (χ1n) is 10.3. The lowest BCUT2D eigenvalue weighted by Crippen LogP contribution is -2.28. The number of amides is 1. The molecule has 9 heteroatoms. The van der Waals surface area contributed by atoms with E-state index in [1.54, 1.807) is 47.4 Å². The Morgan fingerprint density at radius 3 is 2.32 bits per heavy atom. The van der Waals surface area contributed by atoms with E-state index in [1.807, 2.05) is 13.8 Å². The summed E-state index contributed by atoms with van der Waals surface area (Å²) in [5.74, 6) is -1.16. The van der Waals surface area contributed by atoms with Gasteiger partial charge in [0.25, 0.3) is 5.91 Å². The third-order valence-electron chi connectivity index (χ3n) is 5.18. The van der Waals surface area contributed by atoms with Gasteiger partial charge in [-0.25, -0.2) is 14.6 Å². The number of aryl methyl sites for hydroxylation is 1. The SMILES string of the molecule is CCN1C(=O)/C(=C/c2ccc(-c3ccc(C(=O)O)cc3C)o2)SC1=Nc1ccc(C(=O)O)cc1. The number of nitrogens with zero attached hydrogens (tertiary/aromatic N) is 2. The number of hydrogen-bond acceptors (Lipinski definition) is 6. The van der Waals surface area contributed by atoms with E-state index in [2.05, 4.69) is 4.99 Å². The molecule has 34 heavy (non-hydrogen) atoms. The molecule has 0 radical (unpaired) electrons. The van der Waals surface area contributed by atoms with Crippen LogP contribution in [0, 0.1) is 6.92 Å². The molecule has 0 spiro atoms. The highest BCUT2D eigenvalue weighted by Crippen LogP contribution is 2.35. The van der Waals surface area contributed by atoms with E-state index >= 15 is 0 Å². The number of carbonyl (C=O) groups excluding carboxylic acids is 1. The maximum absolute atomic E-state index is 12.9. The van der Waals surface area contributed by atoms with Crippen molar-refractivity contribution in [2.75, 3.05) is 6.54 Å². The minimum absolute atomic E-state index is 0.161. The van der Waals surface area contributed by atoms with Crippen LogP contribution in [0.15, 0.2) is 68.9 Å². The van der Waals surface area contributed by atoms with E-state index in [4.69, 9.17) is 14.6 Å². The first kappa shape index (κ1) is 23.1. The molecule has 0 unspecified atom stereocenters. The first-order valence-corrected chi connectivity index (χ1v) is 11.2. The van der Waals surface area contributed by atoms with Crippen LogP contribution in [-0.2, 0) is 4.79 Å². The van der Waals surface area contributed by atoms with Crippen molar-refractivity contribution in [2.24, 2.45) is 4.99 Å². The number of amidine groups is 1. The molecule has 0 atom stereocenters. The van der Waals surface area contributed by atoms with Crippen LogP contribution >= 0.6 is 11.8 Å². The summed E-state index contributed by atoms with van der Waals surface area (Å²) in [6.45, 7) is 4.08. The van der Waals surface area contributed by atoms with E-state index in [0.29, 0.717) is 33.8 Å². The summed E-state index contributed by atoms with van der Waals surface area (Å²) >= 11 is 1.21. The van der Waals surface area contributed by atoms with Gasteiger partial charge in [-0.2, -0.15) is 0 Å². The van der Waals surface area contributed by atoms with Crippen LogP contribution in [0.5, 0.6) is 0 Å². The molecule has 1 aliphatic heterocycles. The average Bonchev–Trinajstić information content (AvgIpc) is 3.38. The van der Waals surface area contributed by atoms with Gasteiger partial charge in [-0.3, -0.25) is 9.69 Å². The molecule has 1 fully saturated rings. The molecule has 2 aromatic carbocycles. The lowest BCUT2D eigenvalue weighted by atomic mass is 10.0. The van der Waals surface area contributed by atoms with Crippen molar-refractivity contribution < 1.29 is 29.0 Å². The largest absolute Gasteiger partial charge is 0.478 e. The quantitative estimate of drug-likeness (QED) is 0.465. The number of hydrogen-bond donors (Lipinski definition) is 2. The number of aliphatic imine (C=N–C) groups is 1. The van der Waals surface area contributed by atoms with Gasteiger partial charge in [0, 0.05) is 18.2 Å². The predicted molar refractivity (Wildman–Crippen MR) is 129 cm³/mol. The van der Waals surface area contributed by atoms with Crippen molar-refractivity contribution in [3.63, 3.8) is 0 Å². The smallest absolute Gasteiger partial charge is 0.335 e. The number of carboxylic acid groups (broad SMARTS) is 2. The van der Waals surface area contributed by atoms with Crippen LogP contribution in [0.1, 0.15) is 39.0 Å². The molecule has 4 rings (SSSR count). The summed E-state index contributed by atoms with van der Waals surface area (Å²) < 4.78 is 5.92. The van der Waals surface area contributed by atoms with Gasteiger partial charge in [-0.05, 0) is 79.7 Å². The lowest BCUT2D eigenvalue weighted by molar-refractivity contribution is -0.122. The van der Waals surface area contributed by atoms with Crippen molar-refractivity contribution in [3.05, 3.63) is 82.0 Å². The molecule has 2 heterocycles. The standard InChI is InChI=1S/C25H20N2O6S/c1-3-27-22(28)21(34-25(27)26-17-7-4-15(5-8-17)23(29)30)13-18-9-11-20(33-18)19-10-6-16(24(31)32)12-14(19)2/h4-13H,3H2,1-2H3,(H,29,30)(H,31,32)/b21-13-,26-25?. The summed E-state index contributed by atoms with van der Waals surface area (Å²) in [6, 6.07) is 14.4. The van der Waals surface area contributed by atoms with Gasteiger partial charge in [-0.15, -0.1) is 0 Å². The van der Waals surface area contributed by atoms with Crippen LogP contribution in [0.2, 0.25) is 0 Å². The van der Waals surface area contributed by atoms with Crippen molar-refractivity contribution in [3.8, 4) is 11.3 Å². The Bertz CT molecular complexity index is 1350. The molecule has 3 aromatic rings.